The number of nitrogens with zero attached hydrogens (tertiary/aromatic N) is 1. The highest BCUT2D eigenvalue weighted by atomic mass is 19.1. The molecular formula is C16H19FN2. The van der Waals surface area contributed by atoms with E-state index in [9.17, 15) is 4.39 Å². The first-order valence-corrected chi connectivity index (χ1v) is 6.36. The highest BCUT2D eigenvalue weighted by Gasteiger charge is 2.12. The summed E-state index contributed by atoms with van der Waals surface area (Å²) in [6.07, 6.45) is 1.50. The number of nitrogens with one attached hydrogen (secondary N) is 1. The fraction of sp³-hybridized carbons (Fsp3) is 0.312. The number of halogens is 1. The predicted molar refractivity (Wildman–Crippen MR) is 77.4 cm³/mol. The van der Waals surface area contributed by atoms with Crippen LogP contribution in [0.1, 0.15) is 43.3 Å². The molecule has 0 aliphatic heterocycles. The summed E-state index contributed by atoms with van der Waals surface area (Å²) in [6.45, 7) is 8.32. The molecule has 3 heteroatoms. The molecule has 0 amide bonds. The van der Waals surface area contributed by atoms with Crippen molar-refractivity contribution in [1.82, 2.24) is 10.2 Å². The van der Waals surface area contributed by atoms with Crippen LogP contribution in [0.5, 0.6) is 0 Å². The van der Waals surface area contributed by atoms with Crippen molar-refractivity contribution < 1.29 is 4.39 Å². The van der Waals surface area contributed by atoms with Gasteiger partial charge in [0.1, 0.15) is 5.69 Å². The number of aryl methyl sites for hydroxylation is 1. The van der Waals surface area contributed by atoms with E-state index in [0.717, 1.165) is 11.3 Å². The lowest BCUT2D eigenvalue weighted by Gasteiger charge is -2.18. The highest BCUT2D eigenvalue weighted by Crippen LogP contribution is 2.24. The molecule has 0 aliphatic rings. The molecule has 0 spiro atoms. The van der Waals surface area contributed by atoms with Crippen LogP contribution in [0.4, 0.5) is 4.39 Å². The van der Waals surface area contributed by atoms with Gasteiger partial charge < -0.3 is 0 Å². The zero-order valence-electron chi connectivity index (χ0n) is 11.8. The number of aromatic amines is 1. The van der Waals surface area contributed by atoms with Crippen LogP contribution in [-0.2, 0) is 5.41 Å². The van der Waals surface area contributed by atoms with Crippen LogP contribution < -0.4 is 0 Å². The first-order valence-electron chi connectivity index (χ1n) is 6.36. The molecule has 0 radical (unpaired) electrons. The normalized spacial score (nSPS) is 12.8. The molecule has 0 unspecified atom stereocenters. The molecule has 0 saturated carbocycles. The molecule has 1 N–H and O–H groups in total. The first-order chi connectivity index (χ1) is 8.86. The second kappa shape index (κ2) is 5.00. The quantitative estimate of drug-likeness (QED) is 0.845. The summed E-state index contributed by atoms with van der Waals surface area (Å²) in [5, 5.41) is 6.63. The van der Waals surface area contributed by atoms with Gasteiger partial charge in [-0.25, -0.2) is 4.39 Å². The molecule has 1 heterocycles. The summed E-state index contributed by atoms with van der Waals surface area (Å²) in [5.41, 5.74) is 3.38. The minimum absolute atomic E-state index is 0.111. The number of hydrogen-bond acceptors (Lipinski definition) is 1. The lowest BCUT2D eigenvalue weighted by Crippen LogP contribution is -2.10. The molecule has 0 fully saturated rings. The van der Waals surface area contributed by atoms with Crippen molar-refractivity contribution in [3.05, 3.63) is 52.8 Å². The Bertz CT molecular complexity index is 586. The van der Waals surface area contributed by atoms with E-state index >= 15 is 0 Å². The van der Waals surface area contributed by atoms with Crippen LogP contribution in [0.15, 0.2) is 30.3 Å². The zero-order chi connectivity index (χ0) is 14.0. The molecular weight excluding hydrogens is 239 g/mol. The highest BCUT2D eigenvalue weighted by molar-refractivity contribution is 5.75. The number of aromatic nitrogens is 2. The molecule has 0 aliphatic carbocycles. The van der Waals surface area contributed by atoms with Gasteiger partial charge >= 0.3 is 0 Å². The van der Waals surface area contributed by atoms with Gasteiger partial charge in [-0.2, -0.15) is 5.10 Å². The van der Waals surface area contributed by atoms with Gasteiger partial charge in [-0.1, -0.05) is 45.0 Å². The first kappa shape index (κ1) is 13.5. The molecule has 19 heavy (non-hydrogen) atoms. The lowest BCUT2D eigenvalue weighted by molar-refractivity contribution is 0.590. The van der Waals surface area contributed by atoms with Crippen LogP contribution in [0.2, 0.25) is 0 Å². The van der Waals surface area contributed by atoms with E-state index in [1.54, 1.807) is 6.07 Å². The van der Waals surface area contributed by atoms with Crippen LogP contribution in [0.25, 0.3) is 11.9 Å². The van der Waals surface area contributed by atoms with E-state index < -0.39 is 0 Å². The second-order valence-corrected chi connectivity index (χ2v) is 5.80. The Balaban J connectivity index is 2.24. The van der Waals surface area contributed by atoms with E-state index in [0.29, 0.717) is 5.69 Å². The van der Waals surface area contributed by atoms with Gasteiger partial charge in [0, 0.05) is 5.69 Å². The third-order valence-corrected chi connectivity index (χ3v) is 3.02. The van der Waals surface area contributed by atoms with E-state index in [-0.39, 0.29) is 11.2 Å². The Kier molecular flexibility index (Phi) is 3.56. The average Bonchev–Trinajstić information content (AvgIpc) is 2.75. The largest absolute Gasteiger partial charge is 0.282 e. The van der Waals surface area contributed by atoms with Gasteiger partial charge in [0.2, 0.25) is 0 Å². The summed E-state index contributed by atoms with van der Waals surface area (Å²) in [5.74, 6) is -0.326. The Labute approximate surface area is 113 Å². The van der Waals surface area contributed by atoms with Crippen molar-refractivity contribution >= 4 is 11.9 Å². The van der Waals surface area contributed by atoms with Gasteiger partial charge in [0.25, 0.3) is 0 Å². The van der Waals surface area contributed by atoms with E-state index in [2.05, 4.69) is 31.0 Å². The van der Waals surface area contributed by atoms with E-state index in [4.69, 9.17) is 0 Å². The van der Waals surface area contributed by atoms with Crippen molar-refractivity contribution in [2.45, 2.75) is 33.1 Å². The van der Waals surface area contributed by atoms with Crippen molar-refractivity contribution in [2.75, 3.05) is 0 Å². The smallest absolute Gasteiger partial charge is 0.151 e. The zero-order valence-corrected chi connectivity index (χ0v) is 11.8. The maximum atomic E-state index is 13.9. The van der Waals surface area contributed by atoms with Crippen LogP contribution >= 0.6 is 0 Å². The SMILES string of the molecule is Cc1cc(/C(F)=C/c2ccc(C(C)(C)C)cc2)n[nH]1. The molecule has 1 aromatic heterocycles. The van der Waals surface area contributed by atoms with Gasteiger partial charge in [-0.3, -0.25) is 5.10 Å². The van der Waals surface area contributed by atoms with Gasteiger partial charge in [0.05, 0.1) is 0 Å². The minimum Gasteiger partial charge on any atom is -0.282 e. The molecule has 100 valence electrons. The Morgan fingerprint density at radius 2 is 1.84 bits per heavy atom. The Hall–Kier alpha value is -1.90. The van der Waals surface area contributed by atoms with Crippen LogP contribution in [0.3, 0.4) is 0 Å². The minimum atomic E-state index is -0.326. The number of H-pyrrole nitrogens is 1. The summed E-state index contributed by atoms with van der Waals surface area (Å²) in [7, 11) is 0. The molecule has 0 saturated heterocycles. The van der Waals surface area contributed by atoms with Crippen molar-refractivity contribution in [3.63, 3.8) is 0 Å². The second-order valence-electron chi connectivity index (χ2n) is 5.80. The Morgan fingerprint density at radius 1 is 1.21 bits per heavy atom. The van der Waals surface area contributed by atoms with Crippen LogP contribution in [0, 0.1) is 6.92 Å². The molecule has 2 aromatic rings. The molecule has 0 bridgehead atoms. The van der Waals surface area contributed by atoms with E-state index in [1.165, 1.54) is 11.6 Å². The summed E-state index contributed by atoms with van der Waals surface area (Å²) in [6, 6.07) is 9.62. The molecule has 2 rings (SSSR count). The summed E-state index contributed by atoms with van der Waals surface area (Å²) >= 11 is 0. The van der Waals surface area contributed by atoms with Gasteiger partial charge in [-0.05, 0) is 35.6 Å². The third-order valence-electron chi connectivity index (χ3n) is 3.02. The lowest BCUT2D eigenvalue weighted by atomic mass is 9.87. The standard InChI is InChI=1S/C16H19FN2/c1-11-9-15(19-18-11)14(17)10-12-5-7-13(8-6-12)16(2,3)4/h5-10H,1-4H3,(H,18,19)/b14-10-. The fourth-order valence-electron chi connectivity index (χ4n) is 1.84. The van der Waals surface area contributed by atoms with E-state index in [1.807, 2.05) is 31.2 Å². The number of rotatable bonds is 2. The van der Waals surface area contributed by atoms with Crippen LogP contribution in [-0.4, -0.2) is 10.2 Å². The number of hydrogen-bond donors (Lipinski definition) is 1. The van der Waals surface area contributed by atoms with Gasteiger partial charge in [0.15, 0.2) is 5.83 Å². The molecule has 0 atom stereocenters. The van der Waals surface area contributed by atoms with Crippen molar-refractivity contribution in [1.29, 1.82) is 0 Å². The van der Waals surface area contributed by atoms with Crippen molar-refractivity contribution in [3.8, 4) is 0 Å². The van der Waals surface area contributed by atoms with Crippen molar-refractivity contribution in [2.24, 2.45) is 0 Å². The molecule has 1 aromatic carbocycles. The Morgan fingerprint density at radius 3 is 2.32 bits per heavy atom. The summed E-state index contributed by atoms with van der Waals surface area (Å²) < 4.78 is 13.9. The maximum absolute atomic E-state index is 13.9. The topological polar surface area (TPSA) is 28.7 Å². The monoisotopic (exact) mass is 258 g/mol. The molecule has 2 nitrogen and oxygen atoms in total. The average molecular weight is 258 g/mol. The summed E-state index contributed by atoms with van der Waals surface area (Å²) in [4.78, 5) is 0. The predicted octanol–water partition coefficient (Wildman–Crippen LogP) is 4.48. The maximum Gasteiger partial charge on any atom is 0.151 e. The number of benzene rings is 1. The van der Waals surface area contributed by atoms with Gasteiger partial charge in [-0.15, -0.1) is 0 Å². The fourth-order valence-corrected chi connectivity index (χ4v) is 1.84. The third kappa shape index (κ3) is 3.31.